The van der Waals surface area contributed by atoms with Gasteiger partial charge in [0.2, 0.25) is 0 Å². The van der Waals surface area contributed by atoms with Gasteiger partial charge in [0.15, 0.2) is 0 Å². The van der Waals surface area contributed by atoms with Gasteiger partial charge in [-0.2, -0.15) is 0 Å². The fourth-order valence-electron chi connectivity index (χ4n) is 3.77. The van der Waals surface area contributed by atoms with Gasteiger partial charge >= 0.3 is 0 Å². The van der Waals surface area contributed by atoms with Gasteiger partial charge in [-0.05, 0) is 41.0 Å². The van der Waals surface area contributed by atoms with Crippen LogP contribution in [0, 0.1) is 0 Å². The van der Waals surface area contributed by atoms with Gasteiger partial charge in [0, 0.05) is 18.3 Å². The van der Waals surface area contributed by atoms with Gasteiger partial charge in [-0.25, -0.2) is 4.98 Å². The first-order chi connectivity index (χ1) is 15.3. The van der Waals surface area contributed by atoms with Gasteiger partial charge in [-0.1, -0.05) is 72.8 Å². The Morgan fingerprint density at radius 2 is 1.52 bits per heavy atom. The second kappa shape index (κ2) is 8.36. The van der Waals surface area contributed by atoms with E-state index in [9.17, 15) is 0 Å². The molecule has 1 N–H and O–H groups in total. The van der Waals surface area contributed by atoms with Crippen molar-refractivity contribution >= 4 is 11.5 Å². The summed E-state index contributed by atoms with van der Waals surface area (Å²) in [6, 6.07) is 33.0. The van der Waals surface area contributed by atoms with Crippen molar-refractivity contribution in [1.29, 1.82) is 0 Å². The molecule has 0 saturated heterocycles. The molecule has 0 saturated carbocycles. The van der Waals surface area contributed by atoms with E-state index in [1.165, 1.54) is 5.56 Å². The number of rotatable bonds is 6. The monoisotopic (exact) mass is 405 g/mol. The molecule has 0 spiro atoms. The average Bonchev–Trinajstić information content (AvgIpc) is 3.21. The zero-order valence-electron chi connectivity index (χ0n) is 17.3. The molecule has 0 unspecified atom stereocenters. The fourth-order valence-corrected chi connectivity index (χ4v) is 3.77. The van der Waals surface area contributed by atoms with Gasteiger partial charge < -0.3 is 10.1 Å². The smallest absolute Gasteiger partial charge is 0.139 e. The van der Waals surface area contributed by atoms with Gasteiger partial charge in [0.05, 0.1) is 7.11 Å². The standard InChI is InChI=1S/C27H23N3O/c1-31-24-14-8-13-22(17-24)23-15-16-25-29-26(21-11-6-3-7-12-21)27(30(25)19-23)28-18-20-9-4-2-5-10-20/h2-17,19,28H,18H2,1H3. The minimum absolute atomic E-state index is 0.720. The summed E-state index contributed by atoms with van der Waals surface area (Å²) in [6.07, 6.45) is 2.14. The number of imidazole rings is 1. The maximum Gasteiger partial charge on any atom is 0.139 e. The number of anilines is 1. The van der Waals surface area contributed by atoms with Crippen LogP contribution in [-0.2, 0) is 6.54 Å². The fraction of sp³-hybridized carbons (Fsp3) is 0.0741. The van der Waals surface area contributed by atoms with E-state index in [0.29, 0.717) is 0 Å². The summed E-state index contributed by atoms with van der Waals surface area (Å²) in [5.41, 5.74) is 6.36. The van der Waals surface area contributed by atoms with Crippen LogP contribution in [0.5, 0.6) is 5.75 Å². The Balaban J connectivity index is 1.62. The molecule has 0 amide bonds. The van der Waals surface area contributed by atoms with Crippen molar-refractivity contribution in [1.82, 2.24) is 9.38 Å². The van der Waals surface area contributed by atoms with E-state index in [4.69, 9.17) is 9.72 Å². The molecule has 2 heterocycles. The summed E-state index contributed by atoms with van der Waals surface area (Å²) in [5.74, 6) is 1.82. The molecule has 3 aromatic carbocycles. The van der Waals surface area contributed by atoms with Crippen molar-refractivity contribution in [3.63, 3.8) is 0 Å². The van der Waals surface area contributed by atoms with Crippen LogP contribution in [0.3, 0.4) is 0 Å². The Morgan fingerprint density at radius 3 is 2.29 bits per heavy atom. The van der Waals surface area contributed by atoms with Crippen LogP contribution in [-0.4, -0.2) is 16.5 Å². The average molecular weight is 406 g/mol. The van der Waals surface area contributed by atoms with E-state index in [1.54, 1.807) is 7.11 Å². The number of benzene rings is 3. The van der Waals surface area contributed by atoms with Crippen molar-refractivity contribution in [2.24, 2.45) is 0 Å². The number of pyridine rings is 1. The first-order valence-corrected chi connectivity index (χ1v) is 10.3. The predicted molar refractivity (Wildman–Crippen MR) is 126 cm³/mol. The molecule has 31 heavy (non-hydrogen) atoms. The molecule has 0 bridgehead atoms. The lowest BCUT2D eigenvalue weighted by Crippen LogP contribution is -2.03. The number of nitrogens with zero attached hydrogens (tertiary/aromatic N) is 2. The van der Waals surface area contributed by atoms with E-state index in [2.05, 4.69) is 70.5 Å². The summed E-state index contributed by atoms with van der Waals surface area (Å²) in [7, 11) is 1.69. The second-order valence-corrected chi connectivity index (χ2v) is 7.39. The molecule has 4 heteroatoms. The number of hydrogen-bond acceptors (Lipinski definition) is 3. The Bertz CT molecular complexity index is 1310. The highest BCUT2D eigenvalue weighted by Crippen LogP contribution is 2.31. The number of methoxy groups -OCH3 is 1. The van der Waals surface area contributed by atoms with Crippen LogP contribution in [0.15, 0.2) is 103 Å². The van der Waals surface area contributed by atoms with E-state index >= 15 is 0 Å². The van der Waals surface area contributed by atoms with Crippen LogP contribution in [0.25, 0.3) is 28.0 Å². The van der Waals surface area contributed by atoms with Crippen molar-refractivity contribution < 1.29 is 4.74 Å². The molecular formula is C27H23N3O. The van der Waals surface area contributed by atoms with Crippen LogP contribution in [0.1, 0.15) is 5.56 Å². The van der Waals surface area contributed by atoms with E-state index in [1.807, 2.05) is 42.5 Å². The van der Waals surface area contributed by atoms with Crippen molar-refractivity contribution in [2.45, 2.75) is 6.54 Å². The molecule has 2 aromatic heterocycles. The lowest BCUT2D eigenvalue weighted by molar-refractivity contribution is 0.415. The third kappa shape index (κ3) is 3.88. The summed E-state index contributed by atoms with van der Waals surface area (Å²) in [4.78, 5) is 4.94. The van der Waals surface area contributed by atoms with E-state index < -0.39 is 0 Å². The maximum absolute atomic E-state index is 5.41. The highest BCUT2D eigenvalue weighted by molar-refractivity contribution is 5.78. The Labute approximate surface area is 181 Å². The second-order valence-electron chi connectivity index (χ2n) is 7.39. The number of nitrogens with one attached hydrogen (secondary N) is 1. The van der Waals surface area contributed by atoms with Gasteiger partial charge in [-0.3, -0.25) is 4.40 Å². The third-order valence-electron chi connectivity index (χ3n) is 5.37. The number of ether oxygens (including phenoxy) is 1. The van der Waals surface area contributed by atoms with E-state index in [-0.39, 0.29) is 0 Å². The predicted octanol–water partition coefficient (Wildman–Crippen LogP) is 6.29. The van der Waals surface area contributed by atoms with E-state index in [0.717, 1.165) is 46.1 Å². The minimum atomic E-state index is 0.720. The summed E-state index contributed by atoms with van der Waals surface area (Å²) >= 11 is 0. The maximum atomic E-state index is 5.41. The topological polar surface area (TPSA) is 38.6 Å². The number of aromatic nitrogens is 2. The summed E-state index contributed by atoms with van der Waals surface area (Å²) in [6.45, 7) is 0.720. The molecular weight excluding hydrogens is 382 g/mol. The SMILES string of the molecule is COc1cccc(-c2ccc3nc(-c4ccccc4)c(NCc4ccccc4)n3c2)c1. The van der Waals surface area contributed by atoms with Crippen molar-refractivity contribution in [3.05, 3.63) is 109 Å². The minimum Gasteiger partial charge on any atom is -0.497 e. The highest BCUT2D eigenvalue weighted by Gasteiger charge is 2.15. The van der Waals surface area contributed by atoms with Crippen LogP contribution >= 0.6 is 0 Å². The molecule has 0 radical (unpaired) electrons. The molecule has 0 aliphatic rings. The third-order valence-corrected chi connectivity index (χ3v) is 5.37. The van der Waals surface area contributed by atoms with Gasteiger partial charge in [0.1, 0.15) is 22.9 Å². The zero-order chi connectivity index (χ0) is 21.0. The van der Waals surface area contributed by atoms with Crippen molar-refractivity contribution in [3.8, 4) is 28.1 Å². The molecule has 0 aliphatic heterocycles. The first kappa shape index (κ1) is 18.9. The zero-order valence-corrected chi connectivity index (χ0v) is 17.3. The Hall–Kier alpha value is -4.05. The lowest BCUT2D eigenvalue weighted by Gasteiger charge is -2.11. The van der Waals surface area contributed by atoms with Gasteiger partial charge in [-0.15, -0.1) is 0 Å². The van der Waals surface area contributed by atoms with Crippen LogP contribution in [0.4, 0.5) is 5.82 Å². The first-order valence-electron chi connectivity index (χ1n) is 10.3. The quantitative estimate of drug-likeness (QED) is 0.361. The highest BCUT2D eigenvalue weighted by atomic mass is 16.5. The van der Waals surface area contributed by atoms with Crippen LogP contribution in [0.2, 0.25) is 0 Å². The number of fused-ring (bicyclic) bond motifs is 1. The van der Waals surface area contributed by atoms with Crippen molar-refractivity contribution in [2.75, 3.05) is 12.4 Å². The summed E-state index contributed by atoms with van der Waals surface area (Å²) in [5, 5.41) is 3.63. The lowest BCUT2D eigenvalue weighted by atomic mass is 10.1. The molecule has 5 rings (SSSR count). The van der Waals surface area contributed by atoms with Crippen LogP contribution < -0.4 is 10.1 Å². The molecule has 4 nitrogen and oxygen atoms in total. The molecule has 0 fully saturated rings. The normalized spacial score (nSPS) is 10.9. The molecule has 152 valence electrons. The number of hydrogen-bond donors (Lipinski definition) is 1. The molecule has 5 aromatic rings. The Kier molecular flexibility index (Phi) is 5.11. The Morgan fingerprint density at radius 1 is 0.774 bits per heavy atom. The van der Waals surface area contributed by atoms with Gasteiger partial charge in [0.25, 0.3) is 0 Å². The largest absolute Gasteiger partial charge is 0.497 e. The molecule has 0 aliphatic carbocycles. The molecule has 0 atom stereocenters. The summed E-state index contributed by atoms with van der Waals surface area (Å²) < 4.78 is 7.54.